The molecule has 1 N–H and O–H groups in total. The van der Waals surface area contributed by atoms with Gasteiger partial charge in [0.2, 0.25) is 0 Å². The molecule has 36 heavy (non-hydrogen) atoms. The molecule has 1 unspecified atom stereocenters. The highest BCUT2D eigenvalue weighted by molar-refractivity contribution is 6.31. The van der Waals surface area contributed by atoms with Crippen LogP contribution < -0.4 is 5.32 Å². The van der Waals surface area contributed by atoms with E-state index in [2.05, 4.69) is 10.3 Å². The summed E-state index contributed by atoms with van der Waals surface area (Å²) in [5.74, 6) is -0.994. The van der Waals surface area contributed by atoms with Crippen LogP contribution >= 0.6 is 23.2 Å². The maximum Gasteiger partial charge on any atom is 0.416 e. The van der Waals surface area contributed by atoms with Gasteiger partial charge >= 0.3 is 6.18 Å². The molecule has 0 saturated carbocycles. The van der Waals surface area contributed by atoms with Gasteiger partial charge in [-0.15, -0.1) is 0 Å². The molecule has 0 aliphatic heterocycles. The molecule has 0 bridgehead atoms. The lowest BCUT2D eigenvalue weighted by molar-refractivity contribution is -0.137. The van der Waals surface area contributed by atoms with Crippen molar-refractivity contribution in [2.75, 3.05) is 0 Å². The Morgan fingerprint density at radius 2 is 1.56 bits per heavy atom. The van der Waals surface area contributed by atoms with Crippen LogP contribution in [0.25, 0.3) is 0 Å². The minimum atomic E-state index is -4.73. The van der Waals surface area contributed by atoms with Crippen molar-refractivity contribution in [2.24, 2.45) is 0 Å². The number of aryl methyl sites for hydroxylation is 1. The molecular formula is C28H22Cl2F4N2. The molecular weight excluding hydrogens is 511 g/mol. The molecule has 1 heterocycles. The molecule has 186 valence electrons. The minimum absolute atomic E-state index is 0.0895. The van der Waals surface area contributed by atoms with Gasteiger partial charge < -0.3 is 0 Å². The summed E-state index contributed by atoms with van der Waals surface area (Å²) in [6, 6.07) is 20.6. The molecule has 1 aromatic heterocycles. The largest absolute Gasteiger partial charge is 0.416 e. The third-order valence-electron chi connectivity index (χ3n) is 6.03. The molecule has 0 fully saturated rings. The molecule has 4 rings (SSSR count). The van der Waals surface area contributed by atoms with Crippen LogP contribution in [0.4, 0.5) is 17.6 Å². The molecule has 0 radical (unpaired) electrons. The Morgan fingerprint density at radius 1 is 0.833 bits per heavy atom. The van der Waals surface area contributed by atoms with Crippen molar-refractivity contribution in [3.05, 3.63) is 134 Å². The van der Waals surface area contributed by atoms with E-state index in [1.165, 1.54) is 6.20 Å². The molecule has 4 aromatic rings. The van der Waals surface area contributed by atoms with E-state index in [0.717, 1.165) is 28.8 Å². The third kappa shape index (κ3) is 5.89. The number of rotatable bonds is 7. The highest BCUT2D eigenvalue weighted by Gasteiger charge is 2.39. The second kappa shape index (κ2) is 10.6. The first kappa shape index (κ1) is 26.1. The fourth-order valence-electron chi connectivity index (χ4n) is 4.12. The first-order valence-corrected chi connectivity index (χ1v) is 11.9. The summed E-state index contributed by atoms with van der Waals surface area (Å²) in [4.78, 5) is 4.46. The van der Waals surface area contributed by atoms with Crippen molar-refractivity contribution < 1.29 is 17.6 Å². The number of nitrogens with one attached hydrogen (secondary N) is 1. The zero-order valence-electron chi connectivity index (χ0n) is 19.2. The summed E-state index contributed by atoms with van der Waals surface area (Å²) in [6.07, 6.45) is -3.11. The van der Waals surface area contributed by atoms with E-state index in [9.17, 15) is 17.6 Å². The Kier molecular flexibility index (Phi) is 7.69. The quantitative estimate of drug-likeness (QED) is 0.243. The van der Waals surface area contributed by atoms with Crippen LogP contribution in [-0.2, 0) is 24.7 Å². The van der Waals surface area contributed by atoms with Crippen molar-refractivity contribution in [1.29, 1.82) is 0 Å². The lowest BCUT2D eigenvalue weighted by Gasteiger charge is -2.36. The number of aromatic nitrogens is 1. The topological polar surface area (TPSA) is 24.9 Å². The van der Waals surface area contributed by atoms with E-state index in [1.54, 1.807) is 18.2 Å². The summed E-state index contributed by atoms with van der Waals surface area (Å²) >= 11 is 12.4. The second-order valence-corrected chi connectivity index (χ2v) is 9.44. The van der Waals surface area contributed by atoms with Crippen LogP contribution in [0.2, 0.25) is 10.0 Å². The van der Waals surface area contributed by atoms with Crippen molar-refractivity contribution in [1.82, 2.24) is 10.3 Å². The average Bonchev–Trinajstić information content (AvgIpc) is 2.84. The minimum Gasteiger partial charge on any atom is -0.298 e. The normalized spacial score (nSPS) is 13.4. The van der Waals surface area contributed by atoms with Gasteiger partial charge in [0.25, 0.3) is 0 Å². The summed E-state index contributed by atoms with van der Waals surface area (Å²) in [7, 11) is 0. The van der Waals surface area contributed by atoms with E-state index in [1.807, 2.05) is 49.4 Å². The van der Waals surface area contributed by atoms with Crippen molar-refractivity contribution in [3.8, 4) is 0 Å². The Morgan fingerprint density at radius 3 is 2.19 bits per heavy atom. The van der Waals surface area contributed by atoms with E-state index in [0.29, 0.717) is 21.8 Å². The molecule has 0 aliphatic carbocycles. The molecule has 0 amide bonds. The zero-order chi connectivity index (χ0) is 25.9. The van der Waals surface area contributed by atoms with Crippen LogP contribution in [-0.4, -0.2) is 4.98 Å². The zero-order valence-corrected chi connectivity index (χ0v) is 20.7. The van der Waals surface area contributed by atoms with Gasteiger partial charge in [-0.05, 0) is 65.6 Å². The SMILES string of the molecule is Cc1ccc(CNC(Cc2ccccc2)(c2cc(F)cc(C(F)(F)F)c2)c2ccc(Cl)cn2)cc1Cl. The van der Waals surface area contributed by atoms with Crippen molar-refractivity contribution in [2.45, 2.75) is 31.6 Å². The highest BCUT2D eigenvalue weighted by Crippen LogP contribution is 2.38. The highest BCUT2D eigenvalue weighted by atomic mass is 35.5. The summed E-state index contributed by atoms with van der Waals surface area (Å²) in [6.45, 7) is 2.11. The van der Waals surface area contributed by atoms with E-state index in [4.69, 9.17) is 23.2 Å². The van der Waals surface area contributed by atoms with Crippen LogP contribution in [0.3, 0.4) is 0 Å². The second-order valence-electron chi connectivity index (χ2n) is 8.59. The average molecular weight is 533 g/mol. The van der Waals surface area contributed by atoms with E-state index < -0.39 is 23.1 Å². The standard InChI is InChI=1S/C28H22Cl2F4N2/c1-18-7-8-20(11-25(18)30)16-36-27(15-19-5-3-2-4-6-19,26-10-9-23(29)17-35-26)21-12-22(28(32,33)34)14-24(31)13-21/h2-14,17,36H,15-16H2,1H3. The predicted octanol–water partition coefficient (Wildman–Crippen LogP) is 8.13. The maximum atomic E-state index is 14.7. The lowest BCUT2D eigenvalue weighted by Crippen LogP contribution is -2.46. The third-order valence-corrected chi connectivity index (χ3v) is 6.66. The van der Waals surface area contributed by atoms with Gasteiger partial charge in [0.15, 0.2) is 0 Å². The fourth-order valence-corrected chi connectivity index (χ4v) is 4.44. The molecule has 1 atom stereocenters. The maximum absolute atomic E-state index is 14.7. The first-order valence-electron chi connectivity index (χ1n) is 11.1. The molecule has 0 aliphatic rings. The van der Waals surface area contributed by atoms with Crippen LogP contribution in [0.15, 0.2) is 85.1 Å². The van der Waals surface area contributed by atoms with Gasteiger partial charge in [-0.1, -0.05) is 65.7 Å². The number of alkyl halides is 3. The number of nitrogens with zero attached hydrogens (tertiary/aromatic N) is 1. The Bertz CT molecular complexity index is 1340. The van der Waals surface area contributed by atoms with Gasteiger partial charge in [0.05, 0.1) is 21.8 Å². The Labute approximate surface area is 216 Å². The summed E-state index contributed by atoms with van der Waals surface area (Å²) < 4.78 is 55.8. The number of benzene rings is 3. The molecule has 3 aromatic carbocycles. The number of halogens is 6. The van der Waals surface area contributed by atoms with Gasteiger partial charge in [0.1, 0.15) is 5.82 Å². The van der Waals surface area contributed by atoms with Gasteiger partial charge in [-0.25, -0.2) is 4.39 Å². The smallest absolute Gasteiger partial charge is 0.298 e. The lowest BCUT2D eigenvalue weighted by atomic mass is 9.79. The van der Waals surface area contributed by atoms with Crippen molar-refractivity contribution >= 4 is 23.2 Å². The van der Waals surface area contributed by atoms with Crippen molar-refractivity contribution in [3.63, 3.8) is 0 Å². The monoisotopic (exact) mass is 532 g/mol. The van der Waals surface area contributed by atoms with E-state index in [-0.39, 0.29) is 18.5 Å². The van der Waals surface area contributed by atoms with E-state index >= 15 is 0 Å². The summed E-state index contributed by atoms with van der Waals surface area (Å²) in [5, 5.41) is 4.34. The number of hydrogen-bond acceptors (Lipinski definition) is 2. The van der Waals surface area contributed by atoms with Gasteiger partial charge in [-0.3, -0.25) is 10.3 Å². The Balaban J connectivity index is 1.92. The summed E-state index contributed by atoms with van der Waals surface area (Å²) in [5.41, 5.74) is 0.607. The predicted molar refractivity (Wildman–Crippen MR) is 135 cm³/mol. The van der Waals surface area contributed by atoms with Gasteiger partial charge in [-0.2, -0.15) is 13.2 Å². The Hall–Kier alpha value is -2.93. The molecule has 0 saturated heterocycles. The number of hydrogen-bond donors (Lipinski definition) is 1. The van der Waals surface area contributed by atoms with Crippen LogP contribution in [0.5, 0.6) is 0 Å². The fraction of sp³-hybridized carbons (Fsp3) is 0.179. The number of pyridine rings is 1. The molecule has 0 spiro atoms. The van der Waals surface area contributed by atoms with Gasteiger partial charge in [0, 0.05) is 24.2 Å². The first-order chi connectivity index (χ1) is 17.1. The molecule has 2 nitrogen and oxygen atoms in total. The molecule has 8 heteroatoms. The van der Waals surface area contributed by atoms with Crippen LogP contribution in [0, 0.1) is 12.7 Å². The van der Waals surface area contributed by atoms with Crippen LogP contribution in [0.1, 0.15) is 33.5 Å².